The number of carboxylic acid groups (broad SMARTS) is 1. The molecule has 4 rings (SSSR count). The van der Waals surface area contributed by atoms with E-state index in [0.717, 1.165) is 40.8 Å². The molecule has 1 atom stereocenters. The van der Waals surface area contributed by atoms with Crippen molar-refractivity contribution in [3.8, 4) is 16.9 Å². The predicted octanol–water partition coefficient (Wildman–Crippen LogP) is 5.30. The molecule has 0 radical (unpaired) electrons. The summed E-state index contributed by atoms with van der Waals surface area (Å²) in [5.41, 5.74) is 6.57. The molecule has 9 heteroatoms. The van der Waals surface area contributed by atoms with Crippen LogP contribution in [-0.2, 0) is 6.42 Å². The number of benzene rings is 2. The second-order valence-corrected chi connectivity index (χ2v) is 8.61. The number of aromatic carboxylic acids is 1. The number of nitrogens with zero attached hydrogens (tertiary/aromatic N) is 1. The molecule has 0 fully saturated rings. The van der Waals surface area contributed by atoms with E-state index >= 15 is 0 Å². The van der Waals surface area contributed by atoms with Crippen LogP contribution in [0.3, 0.4) is 0 Å². The molecular weight excluding hydrogens is 459 g/mol. The predicted molar refractivity (Wildman–Crippen MR) is 127 cm³/mol. The first-order valence-corrected chi connectivity index (χ1v) is 11.2. The Hall–Kier alpha value is -3.59. The molecule has 0 spiro atoms. The molecule has 0 bridgehead atoms. The third kappa shape index (κ3) is 5.74. The second-order valence-electron chi connectivity index (χ2n) is 8.61. The van der Waals surface area contributed by atoms with Crippen LogP contribution in [0, 0.1) is 13.8 Å². The van der Waals surface area contributed by atoms with Gasteiger partial charge in [0.1, 0.15) is 5.75 Å². The zero-order chi connectivity index (χ0) is 25.2. The largest absolute Gasteiger partial charge is 0.484 e. The molecule has 0 unspecified atom stereocenters. The minimum absolute atomic E-state index is 0.0185. The minimum atomic E-state index is -4.38. The van der Waals surface area contributed by atoms with E-state index in [0.29, 0.717) is 12.2 Å². The van der Waals surface area contributed by atoms with Crippen LogP contribution >= 0.6 is 0 Å². The molecule has 0 amide bonds. The van der Waals surface area contributed by atoms with Gasteiger partial charge in [-0.05, 0) is 78.4 Å². The molecule has 2 aromatic carbocycles. The first kappa shape index (κ1) is 24.5. The number of aryl methyl sites for hydroxylation is 2. The van der Waals surface area contributed by atoms with Gasteiger partial charge in [-0.25, -0.2) is 4.79 Å². The summed E-state index contributed by atoms with van der Waals surface area (Å²) in [5.74, 6) is -0.817. The third-order valence-corrected chi connectivity index (χ3v) is 6.05. The van der Waals surface area contributed by atoms with Gasteiger partial charge in [-0.3, -0.25) is 4.98 Å². The van der Waals surface area contributed by atoms with Crippen molar-refractivity contribution in [3.63, 3.8) is 0 Å². The van der Waals surface area contributed by atoms with E-state index < -0.39 is 18.8 Å². The molecule has 1 aromatic heterocycles. The SMILES string of the molecule is Cc1cc(OCC(F)(F)F)cc(C)c1-c1ccc2c(c1)CCN[C@@H]2CNc1cnccc1C(=O)O. The van der Waals surface area contributed by atoms with Crippen LogP contribution in [0.2, 0.25) is 0 Å². The number of anilines is 1. The van der Waals surface area contributed by atoms with Crippen LogP contribution < -0.4 is 15.4 Å². The molecule has 35 heavy (non-hydrogen) atoms. The van der Waals surface area contributed by atoms with E-state index in [-0.39, 0.29) is 17.4 Å². The highest BCUT2D eigenvalue weighted by Crippen LogP contribution is 2.35. The van der Waals surface area contributed by atoms with Crippen LogP contribution in [-0.4, -0.2) is 41.9 Å². The van der Waals surface area contributed by atoms with Gasteiger partial charge in [0.05, 0.1) is 17.4 Å². The molecule has 0 aliphatic carbocycles. The topological polar surface area (TPSA) is 83.5 Å². The number of carbonyl (C=O) groups is 1. The molecule has 0 saturated carbocycles. The number of hydrogen-bond acceptors (Lipinski definition) is 5. The van der Waals surface area contributed by atoms with Crippen molar-refractivity contribution in [3.05, 3.63) is 76.6 Å². The molecule has 0 saturated heterocycles. The molecular formula is C26H26F3N3O3. The number of carboxylic acids is 1. The first-order chi connectivity index (χ1) is 16.6. The maximum atomic E-state index is 12.5. The number of fused-ring (bicyclic) bond motifs is 1. The van der Waals surface area contributed by atoms with Gasteiger partial charge < -0.3 is 20.5 Å². The molecule has 3 N–H and O–H groups in total. The lowest BCUT2D eigenvalue weighted by Crippen LogP contribution is -2.34. The second kappa shape index (κ2) is 9.95. The summed E-state index contributed by atoms with van der Waals surface area (Å²) in [6.45, 7) is 3.67. The van der Waals surface area contributed by atoms with E-state index in [1.54, 1.807) is 12.1 Å². The molecule has 3 aromatic rings. The maximum Gasteiger partial charge on any atom is 0.422 e. The number of pyridine rings is 1. The van der Waals surface area contributed by atoms with Gasteiger partial charge in [0, 0.05) is 18.8 Å². The summed E-state index contributed by atoms with van der Waals surface area (Å²) in [6, 6.07) is 10.9. The Morgan fingerprint density at radius 3 is 2.63 bits per heavy atom. The Morgan fingerprint density at radius 2 is 1.94 bits per heavy atom. The van der Waals surface area contributed by atoms with E-state index in [9.17, 15) is 23.1 Å². The molecule has 1 aliphatic heterocycles. The molecule has 1 aliphatic rings. The van der Waals surface area contributed by atoms with Crippen molar-refractivity contribution >= 4 is 11.7 Å². The Labute approximate surface area is 201 Å². The monoisotopic (exact) mass is 485 g/mol. The highest BCUT2D eigenvalue weighted by Gasteiger charge is 2.28. The fourth-order valence-electron chi connectivity index (χ4n) is 4.55. The van der Waals surface area contributed by atoms with Gasteiger partial charge in [-0.1, -0.05) is 18.2 Å². The number of aromatic nitrogens is 1. The van der Waals surface area contributed by atoms with Gasteiger partial charge in [0.2, 0.25) is 0 Å². The van der Waals surface area contributed by atoms with Crippen molar-refractivity contribution in [1.29, 1.82) is 0 Å². The Balaban J connectivity index is 1.55. The quantitative estimate of drug-likeness (QED) is 0.421. The average molecular weight is 486 g/mol. The highest BCUT2D eigenvalue weighted by molar-refractivity contribution is 5.93. The smallest absolute Gasteiger partial charge is 0.422 e. The third-order valence-electron chi connectivity index (χ3n) is 6.05. The van der Waals surface area contributed by atoms with Crippen LogP contribution in [0.4, 0.5) is 18.9 Å². The van der Waals surface area contributed by atoms with Crippen LogP contribution in [0.15, 0.2) is 48.8 Å². The van der Waals surface area contributed by atoms with Crippen molar-refractivity contribution in [1.82, 2.24) is 10.3 Å². The Kier molecular flexibility index (Phi) is 6.98. The Morgan fingerprint density at radius 1 is 1.20 bits per heavy atom. The van der Waals surface area contributed by atoms with Crippen LogP contribution in [0.25, 0.3) is 11.1 Å². The number of ether oxygens (including phenoxy) is 1. The zero-order valence-corrected chi connectivity index (χ0v) is 19.4. The van der Waals surface area contributed by atoms with Crippen LogP contribution in [0.5, 0.6) is 5.75 Å². The number of nitrogens with one attached hydrogen (secondary N) is 2. The van der Waals surface area contributed by atoms with Crippen molar-refractivity contribution in [2.75, 3.05) is 25.0 Å². The lowest BCUT2D eigenvalue weighted by atomic mass is 9.88. The standard InChI is InChI=1S/C26H26F3N3O3/c1-15-9-19(35-14-26(27,28)29)10-16(2)24(15)18-3-4-20-17(11-18)5-8-31-23(20)13-32-22-12-30-7-6-21(22)25(33)34/h3-4,6-7,9-12,23,31-32H,5,8,13-14H2,1-2H3,(H,33,34)/t23-/m1/s1. The van der Waals surface area contributed by atoms with Gasteiger partial charge in [-0.2, -0.15) is 13.2 Å². The summed E-state index contributed by atoms with van der Waals surface area (Å²) >= 11 is 0. The molecule has 6 nitrogen and oxygen atoms in total. The number of halogens is 3. The summed E-state index contributed by atoms with van der Waals surface area (Å²) in [6.07, 6.45) is -0.602. The Bertz CT molecular complexity index is 1220. The van der Waals surface area contributed by atoms with Gasteiger partial charge in [-0.15, -0.1) is 0 Å². The van der Waals surface area contributed by atoms with Crippen molar-refractivity contribution in [2.45, 2.75) is 32.5 Å². The van der Waals surface area contributed by atoms with E-state index in [2.05, 4.69) is 27.8 Å². The van der Waals surface area contributed by atoms with Gasteiger partial charge >= 0.3 is 12.1 Å². The normalized spacial score (nSPS) is 15.4. The first-order valence-electron chi connectivity index (χ1n) is 11.2. The van der Waals surface area contributed by atoms with Gasteiger partial charge in [0.15, 0.2) is 6.61 Å². The number of alkyl halides is 3. The molecule has 2 heterocycles. The van der Waals surface area contributed by atoms with E-state index in [4.69, 9.17) is 4.74 Å². The van der Waals surface area contributed by atoms with Crippen molar-refractivity contribution < 1.29 is 27.8 Å². The number of rotatable bonds is 7. The highest BCUT2D eigenvalue weighted by atomic mass is 19.4. The maximum absolute atomic E-state index is 12.5. The summed E-state index contributed by atoms with van der Waals surface area (Å²) in [4.78, 5) is 15.5. The van der Waals surface area contributed by atoms with Crippen LogP contribution in [0.1, 0.15) is 38.7 Å². The number of hydrogen-bond donors (Lipinski definition) is 3. The van der Waals surface area contributed by atoms with Gasteiger partial charge in [0.25, 0.3) is 0 Å². The molecule has 184 valence electrons. The summed E-state index contributed by atoms with van der Waals surface area (Å²) in [7, 11) is 0. The lowest BCUT2D eigenvalue weighted by molar-refractivity contribution is -0.153. The fraction of sp³-hybridized carbons (Fsp3) is 0.308. The summed E-state index contributed by atoms with van der Waals surface area (Å²) in [5, 5.41) is 16.1. The lowest BCUT2D eigenvalue weighted by Gasteiger charge is -2.28. The van der Waals surface area contributed by atoms with Crippen molar-refractivity contribution in [2.24, 2.45) is 0 Å². The zero-order valence-electron chi connectivity index (χ0n) is 19.4. The van der Waals surface area contributed by atoms with E-state index in [1.807, 2.05) is 19.9 Å². The minimum Gasteiger partial charge on any atom is -0.484 e. The average Bonchev–Trinajstić information content (AvgIpc) is 2.80. The van der Waals surface area contributed by atoms with E-state index in [1.165, 1.54) is 24.0 Å². The fourth-order valence-corrected chi connectivity index (χ4v) is 4.55. The summed E-state index contributed by atoms with van der Waals surface area (Å²) < 4.78 is 42.5.